The molecule has 1 fully saturated rings. The molecule has 1 atom stereocenters. The van der Waals surface area contributed by atoms with Crippen molar-refractivity contribution >= 4 is 21.6 Å². The van der Waals surface area contributed by atoms with Crippen LogP contribution in [0.3, 0.4) is 0 Å². The Balaban J connectivity index is 1.78. The molecule has 0 aliphatic carbocycles. The second-order valence-electron chi connectivity index (χ2n) is 6.85. The van der Waals surface area contributed by atoms with Gasteiger partial charge in [-0.15, -0.1) is 0 Å². The monoisotopic (exact) mass is 377 g/mol. The third kappa shape index (κ3) is 4.84. The van der Waals surface area contributed by atoms with Crippen LogP contribution in [0.15, 0.2) is 48.5 Å². The zero-order valence-corrected chi connectivity index (χ0v) is 16.1. The number of halogens is 1. The van der Waals surface area contributed by atoms with Gasteiger partial charge in [-0.05, 0) is 48.9 Å². The van der Waals surface area contributed by atoms with Crippen LogP contribution in [0, 0.1) is 6.92 Å². The maximum Gasteiger partial charge on any atom is 0.218 e. The minimum absolute atomic E-state index is 0.0714. The number of hydrogen-bond donors (Lipinski definition) is 0. The van der Waals surface area contributed by atoms with Crippen molar-refractivity contribution in [2.75, 3.05) is 13.1 Å². The Hall–Kier alpha value is -1.36. The number of benzene rings is 2. The van der Waals surface area contributed by atoms with E-state index in [2.05, 4.69) is 0 Å². The predicted octanol–water partition coefficient (Wildman–Crippen LogP) is 4.75. The fraction of sp³-hybridized carbons (Fsp3) is 0.400. The Morgan fingerprint density at radius 2 is 1.88 bits per heavy atom. The van der Waals surface area contributed by atoms with Gasteiger partial charge < -0.3 is 0 Å². The molecule has 2 aromatic rings. The normalized spacial score (nSPS) is 19.5. The van der Waals surface area contributed by atoms with E-state index in [-0.39, 0.29) is 11.7 Å². The Morgan fingerprint density at radius 3 is 2.60 bits per heavy atom. The molecule has 5 heteroatoms. The first kappa shape index (κ1) is 18.4. The lowest BCUT2D eigenvalue weighted by Crippen LogP contribution is -2.35. The SMILES string of the molecule is Cc1cccc(CS(=O)(=O)N2CCCCC(c3ccc(Cl)cc3)C2)c1. The van der Waals surface area contributed by atoms with E-state index in [0.29, 0.717) is 18.1 Å². The molecular weight excluding hydrogens is 354 g/mol. The van der Waals surface area contributed by atoms with E-state index in [0.717, 1.165) is 30.4 Å². The van der Waals surface area contributed by atoms with Crippen LogP contribution < -0.4 is 0 Å². The van der Waals surface area contributed by atoms with Gasteiger partial charge in [0.25, 0.3) is 0 Å². The average Bonchev–Trinajstić information content (AvgIpc) is 2.82. The number of sulfonamides is 1. The van der Waals surface area contributed by atoms with E-state index < -0.39 is 10.0 Å². The van der Waals surface area contributed by atoms with Crippen molar-refractivity contribution in [1.82, 2.24) is 4.31 Å². The summed E-state index contributed by atoms with van der Waals surface area (Å²) in [4.78, 5) is 0. The summed E-state index contributed by atoms with van der Waals surface area (Å²) in [5, 5.41) is 0.710. The van der Waals surface area contributed by atoms with Gasteiger partial charge in [-0.25, -0.2) is 12.7 Å². The maximum atomic E-state index is 13.0. The molecule has 0 amide bonds. The van der Waals surface area contributed by atoms with Gasteiger partial charge in [0.15, 0.2) is 0 Å². The molecule has 0 N–H and O–H groups in total. The molecule has 1 unspecified atom stereocenters. The third-order valence-corrected chi connectivity index (χ3v) is 6.87. The number of aryl methyl sites for hydroxylation is 1. The largest absolute Gasteiger partial charge is 0.218 e. The van der Waals surface area contributed by atoms with E-state index in [1.807, 2.05) is 55.5 Å². The van der Waals surface area contributed by atoms with Crippen LogP contribution in [0.25, 0.3) is 0 Å². The molecule has 0 aromatic heterocycles. The topological polar surface area (TPSA) is 37.4 Å². The Kier molecular flexibility index (Phi) is 5.82. The summed E-state index contributed by atoms with van der Waals surface area (Å²) in [7, 11) is -3.32. The lowest BCUT2D eigenvalue weighted by atomic mass is 9.95. The maximum absolute atomic E-state index is 13.0. The fourth-order valence-corrected chi connectivity index (χ4v) is 5.19. The van der Waals surface area contributed by atoms with Crippen LogP contribution in [0.1, 0.15) is 41.9 Å². The number of rotatable bonds is 4. The van der Waals surface area contributed by atoms with Crippen molar-refractivity contribution in [2.24, 2.45) is 0 Å². The zero-order chi connectivity index (χ0) is 17.9. The molecule has 0 spiro atoms. The van der Waals surface area contributed by atoms with E-state index in [9.17, 15) is 8.42 Å². The summed E-state index contributed by atoms with van der Waals surface area (Å²) in [6.45, 7) is 3.15. The molecule has 1 aliphatic heterocycles. The lowest BCUT2D eigenvalue weighted by molar-refractivity contribution is 0.405. The van der Waals surface area contributed by atoms with Crippen LogP contribution in [0.4, 0.5) is 0 Å². The van der Waals surface area contributed by atoms with Crippen molar-refractivity contribution in [1.29, 1.82) is 0 Å². The quantitative estimate of drug-likeness (QED) is 0.771. The van der Waals surface area contributed by atoms with Gasteiger partial charge in [0, 0.05) is 18.1 Å². The van der Waals surface area contributed by atoms with Gasteiger partial charge >= 0.3 is 0 Å². The molecule has 0 saturated carbocycles. The van der Waals surface area contributed by atoms with Gasteiger partial charge in [0.2, 0.25) is 10.0 Å². The molecule has 3 rings (SSSR count). The molecule has 3 nitrogen and oxygen atoms in total. The highest BCUT2D eigenvalue weighted by molar-refractivity contribution is 7.88. The second-order valence-corrected chi connectivity index (χ2v) is 9.25. The predicted molar refractivity (Wildman–Crippen MR) is 103 cm³/mol. The third-order valence-electron chi connectivity index (χ3n) is 4.80. The first-order valence-electron chi connectivity index (χ1n) is 8.73. The van der Waals surface area contributed by atoms with Crippen LogP contribution in [0.2, 0.25) is 5.02 Å². The summed E-state index contributed by atoms with van der Waals surface area (Å²) in [5.74, 6) is 0.300. The van der Waals surface area contributed by atoms with Crippen molar-refractivity contribution < 1.29 is 8.42 Å². The van der Waals surface area contributed by atoms with Gasteiger partial charge in [0.1, 0.15) is 0 Å². The lowest BCUT2D eigenvalue weighted by Gasteiger charge is -2.24. The minimum atomic E-state index is -3.32. The highest BCUT2D eigenvalue weighted by atomic mass is 35.5. The van der Waals surface area contributed by atoms with E-state index in [1.54, 1.807) is 4.31 Å². The zero-order valence-electron chi connectivity index (χ0n) is 14.5. The molecular formula is C20H24ClNO2S. The molecule has 0 bridgehead atoms. The first-order chi connectivity index (χ1) is 11.9. The molecule has 1 saturated heterocycles. The van der Waals surface area contributed by atoms with Crippen molar-refractivity contribution in [3.8, 4) is 0 Å². The molecule has 2 aromatic carbocycles. The smallest absolute Gasteiger partial charge is 0.212 e. The standard InChI is InChI=1S/C20H24ClNO2S/c1-16-5-4-6-17(13-16)15-25(23,24)22-12-3-2-7-19(14-22)18-8-10-20(21)11-9-18/h4-6,8-11,13,19H,2-3,7,12,14-15H2,1H3. The summed E-state index contributed by atoms with van der Waals surface area (Å²) in [6.07, 6.45) is 2.97. The summed E-state index contributed by atoms with van der Waals surface area (Å²) in [6, 6.07) is 15.5. The Labute approximate surface area is 155 Å². The van der Waals surface area contributed by atoms with Gasteiger partial charge in [-0.2, -0.15) is 0 Å². The van der Waals surface area contributed by atoms with Crippen molar-refractivity contribution in [3.63, 3.8) is 0 Å². The Morgan fingerprint density at radius 1 is 1.12 bits per heavy atom. The first-order valence-corrected chi connectivity index (χ1v) is 10.7. The minimum Gasteiger partial charge on any atom is -0.212 e. The van der Waals surface area contributed by atoms with E-state index in [4.69, 9.17) is 11.6 Å². The molecule has 1 heterocycles. The van der Waals surface area contributed by atoms with Crippen LogP contribution in [-0.4, -0.2) is 25.8 Å². The summed E-state index contributed by atoms with van der Waals surface area (Å²) in [5.41, 5.74) is 3.11. The highest BCUT2D eigenvalue weighted by Gasteiger charge is 2.28. The Bertz CT molecular complexity index is 818. The van der Waals surface area contributed by atoms with Crippen LogP contribution in [-0.2, 0) is 15.8 Å². The molecule has 25 heavy (non-hydrogen) atoms. The average molecular weight is 378 g/mol. The van der Waals surface area contributed by atoms with Crippen LogP contribution in [0.5, 0.6) is 0 Å². The molecule has 134 valence electrons. The van der Waals surface area contributed by atoms with Gasteiger partial charge in [0.05, 0.1) is 5.75 Å². The van der Waals surface area contributed by atoms with Crippen molar-refractivity contribution in [3.05, 3.63) is 70.2 Å². The summed E-state index contributed by atoms with van der Waals surface area (Å²) < 4.78 is 27.6. The molecule has 0 radical (unpaired) electrons. The number of nitrogens with zero attached hydrogens (tertiary/aromatic N) is 1. The van der Waals surface area contributed by atoms with Gasteiger partial charge in [-0.1, -0.05) is 60.0 Å². The van der Waals surface area contributed by atoms with Crippen LogP contribution >= 0.6 is 11.6 Å². The molecule has 1 aliphatic rings. The number of hydrogen-bond acceptors (Lipinski definition) is 2. The highest BCUT2D eigenvalue weighted by Crippen LogP contribution is 2.29. The van der Waals surface area contributed by atoms with Crippen molar-refractivity contribution in [2.45, 2.75) is 37.9 Å². The summed E-state index contributed by atoms with van der Waals surface area (Å²) >= 11 is 5.98. The fourth-order valence-electron chi connectivity index (χ4n) is 3.47. The van der Waals surface area contributed by atoms with E-state index in [1.165, 1.54) is 5.56 Å². The van der Waals surface area contributed by atoms with Gasteiger partial charge in [-0.3, -0.25) is 0 Å². The second kappa shape index (κ2) is 7.90. The van der Waals surface area contributed by atoms with E-state index >= 15 is 0 Å².